The molecule has 0 bridgehead atoms. The Hall–Kier alpha value is -2.60. The standard InChI is InChI=1S/C21H25N3O3/c1-23(21(25)16-5-6-19-20(14-16)27-15-26-19)18-8-12-24(13-9-18)11-7-17-4-2-3-10-22-17/h2-6,10,14,18H,7-9,11-13,15H2,1H3. The van der Waals surface area contributed by atoms with Gasteiger partial charge in [-0.25, -0.2) is 0 Å². The van der Waals surface area contributed by atoms with Crippen LogP contribution in [0.2, 0.25) is 0 Å². The van der Waals surface area contributed by atoms with Gasteiger partial charge in [0.25, 0.3) is 5.91 Å². The van der Waals surface area contributed by atoms with E-state index in [1.165, 1.54) is 0 Å². The second-order valence-corrected chi connectivity index (χ2v) is 7.13. The summed E-state index contributed by atoms with van der Waals surface area (Å²) in [6.07, 6.45) is 4.81. The average molecular weight is 367 g/mol. The highest BCUT2D eigenvalue weighted by Gasteiger charge is 2.27. The zero-order valence-electron chi connectivity index (χ0n) is 15.6. The maximum absolute atomic E-state index is 12.8. The van der Waals surface area contributed by atoms with E-state index in [0.29, 0.717) is 17.1 Å². The summed E-state index contributed by atoms with van der Waals surface area (Å²) in [5.41, 5.74) is 1.79. The third-order valence-electron chi connectivity index (χ3n) is 5.46. The van der Waals surface area contributed by atoms with Crippen molar-refractivity contribution in [2.45, 2.75) is 25.3 Å². The fraction of sp³-hybridized carbons (Fsp3) is 0.429. The van der Waals surface area contributed by atoms with Gasteiger partial charge in [0.1, 0.15) is 0 Å². The number of aromatic nitrogens is 1. The second-order valence-electron chi connectivity index (χ2n) is 7.13. The molecule has 1 aromatic carbocycles. The van der Waals surface area contributed by atoms with Crippen molar-refractivity contribution >= 4 is 5.91 Å². The first-order chi connectivity index (χ1) is 13.2. The number of ether oxygens (including phenoxy) is 2. The Bertz CT molecular complexity index is 789. The molecule has 1 fully saturated rings. The SMILES string of the molecule is CN(C(=O)c1ccc2c(c1)OCO2)C1CCN(CCc2ccccn2)CC1. The molecule has 0 saturated carbocycles. The van der Waals surface area contributed by atoms with Gasteiger partial charge in [-0.1, -0.05) is 6.07 Å². The van der Waals surface area contributed by atoms with Gasteiger partial charge < -0.3 is 19.3 Å². The van der Waals surface area contributed by atoms with E-state index in [2.05, 4.69) is 16.0 Å². The van der Waals surface area contributed by atoms with Crippen molar-refractivity contribution in [1.82, 2.24) is 14.8 Å². The molecule has 0 N–H and O–H groups in total. The number of amides is 1. The van der Waals surface area contributed by atoms with Crippen LogP contribution in [0.15, 0.2) is 42.6 Å². The third-order valence-corrected chi connectivity index (χ3v) is 5.46. The highest BCUT2D eigenvalue weighted by Crippen LogP contribution is 2.33. The molecule has 4 rings (SSSR count). The number of benzene rings is 1. The molecule has 0 spiro atoms. The van der Waals surface area contributed by atoms with E-state index < -0.39 is 0 Å². The fourth-order valence-electron chi connectivity index (χ4n) is 3.75. The second kappa shape index (κ2) is 7.96. The highest BCUT2D eigenvalue weighted by molar-refractivity contribution is 5.95. The summed E-state index contributed by atoms with van der Waals surface area (Å²) < 4.78 is 10.7. The van der Waals surface area contributed by atoms with Crippen molar-refractivity contribution in [2.24, 2.45) is 0 Å². The Morgan fingerprint density at radius 3 is 2.78 bits per heavy atom. The van der Waals surface area contributed by atoms with Gasteiger partial charge in [0.15, 0.2) is 11.5 Å². The summed E-state index contributed by atoms with van der Waals surface area (Å²) in [6, 6.07) is 11.7. The molecule has 3 heterocycles. The molecule has 6 nitrogen and oxygen atoms in total. The van der Waals surface area contributed by atoms with Crippen LogP contribution in [0.1, 0.15) is 28.9 Å². The first kappa shape index (κ1) is 17.8. The number of hydrogen-bond acceptors (Lipinski definition) is 5. The van der Waals surface area contributed by atoms with E-state index in [4.69, 9.17) is 9.47 Å². The molecule has 2 aliphatic rings. The smallest absolute Gasteiger partial charge is 0.253 e. The van der Waals surface area contributed by atoms with Crippen molar-refractivity contribution in [1.29, 1.82) is 0 Å². The summed E-state index contributed by atoms with van der Waals surface area (Å²) >= 11 is 0. The lowest BCUT2D eigenvalue weighted by Gasteiger charge is -2.36. The Labute approximate surface area is 159 Å². The number of fused-ring (bicyclic) bond motifs is 1. The summed E-state index contributed by atoms with van der Waals surface area (Å²) in [6.45, 7) is 3.26. The molecule has 1 saturated heterocycles. The molecule has 6 heteroatoms. The highest BCUT2D eigenvalue weighted by atomic mass is 16.7. The fourth-order valence-corrected chi connectivity index (χ4v) is 3.75. The molecule has 0 atom stereocenters. The molecular formula is C21H25N3O3. The molecule has 0 aliphatic carbocycles. The van der Waals surface area contributed by atoms with Crippen molar-refractivity contribution in [3.8, 4) is 11.5 Å². The minimum Gasteiger partial charge on any atom is -0.454 e. The van der Waals surface area contributed by atoms with E-state index in [1.807, 2.05) is 42.4 Å². The average Bonchev–Trinajstić information content (AvgIpc) is 3.20. The third kappa shape index (κ3) is 4.06. The summed E-state index contributed by atoms with van der Waals surface area (Å²) in [5, 5.41) is 0. The molecule has 0 unspecified atom stereocenters. The largest absolute Gasteiger partial charge is 0.454 e. The quantitative estimate of drug-likeness (QED) is 0.813. The number of rotatable bonds is 5. The van der Waals surface area contributed by atoms with Crippen LogP contribution >= 0.6 is 0 Å². The molecule has 0 radical (unpaired) electrons. The van der Waals surface area contributed by atoms with Crippen LogP contribution in [0.5, 0.6) is 11.5 Å². The van der Waals surface area contributed by atoms with E-state index in [1.54, 1.807) is 6.07 Å². The van der Waals surface area contributed by atoms with E-state index >= 15 is 0 Å². The Morgan fingerprint density at radius 1 is 1.19 bits per heavy atom. The minimum absolute atomic E-state index is 0.0419. The van der Waals surface area contributed by atoms with E-state index in [9.17, 15) is 4.79 Å². The maximum Gasteiger partial charge on any atom is 0.253 e. The summed E-state index contributed by atoms with van der Waals surface area (Å²) in [7, 11) is 1.90. The van der Waals surface area contributed by atoms with Gasteiger partial charge >= 0.3 is 0 Å². The van der Waals surface area contributed by atoms with Crippen molar-refractivity contribution < 1.29 is 14.3 Å². The molecule has 1 aromatic heterocycles. The van der Waals surface area contributed by atoms with Crippen LogP contribution < -0.4 is 9.47 Å². The summed E-state index contributed by atoms with van der Waals surface area (Å²) in [5.74, 6) is 1.40. The van der Waals surface area contributed by atoms with E-state index in [-0.39, 0.29) is 18.7 Å². The van der Waals surface area contributed by atoms with Crippen LogP contribution in [-0.4, -0.2) is 60.2 Å². The molecule has 27 heavy (non-hydrogen) atoms. The van der Waals surface area contributed by atoms with Crippen LogP contribution in [0.4, 0.5) is 0 Å². The zero-order valence-corrected chi connectivity index (χ0v) is 15.6. The Morgan fingerprint density at radius 2 is 2.00 bits per heavy atom. The van der Waals surface area contributed by atoms with Crippen LogP contribution in [0.25, 0.3) is 0 Å². The zero-order chi connectivity index (χ0) is 18.6. The number of likely N-dealkylation sites (tertiary alicyclic amines) is 1. The lowest BCUT2D eigenvalue weighted by Crippen LogP contribution is -2.46. The van der Waals surface area contributed by atoms with Gasteiger partial charge in [-0.15, -0.1) is 0 Å². The first-order valence-electron chi connectivity index (χ1n) is 9.50. The normalized spacial score (nSPS) is 17.1. The van der Waals surface area contributed by atoms with Crippen LogP contribution in [-0.2, 0) is 6.42 Å². The Kier molecular flexibility index (Phi) is 5.25. The van der Waals surface area contributed by atoms with Gasteiger partial charge in [-0.3, -0.25) is 9.78 Å². The number of pyridine rings is 1. The number of carbonyl (C=O) groups excluding carboxylic acids is 1. The molecule has 1 amide bonds. The molecule has 2 aromatic rings. The lowest BCUT2D eigenvalue weighted by atomic mass is 10.0. The minimum atomic E-state index is 0.0419. The van der Waals surface area contributed by atoms with E-state index in [0.717, 1.165) is 44.6 Å². The number of carbonyl (C=O) groups is 1. The lowest BCUT2D eigenvalue weighted by molar-refractivity contribution is 0.0643. The molecular weight excluding hydrogens is 342 g/mol. The van der Waals surface area contributed by atoms with Gasteiger partial charge in [0.05, 0.1) is 0 Å². The predicted molar refractivity (Wildman–Crippen MR) is 102 cm³/mol. The van der Waals surface area contributed by atoms with Gasteiger partial charge in [0, 0.05) is 56.6 Å². The van der Waals surface area contributed by atoms with Crippen molar-refractivity contribution in [3.05, 3.63) is 53.9 Å². The van der Waals surface area contributed by atoms with Gasteiger partial charge in [-0.05, 0) is 43.2 Å². The number of piperidine rings is 1. The number of hydrogen-bond donors (Lipinski definition) is 0. The topological polar surface area (TPSA) is 54.9 Å². The van der Waals surface area contributed by atoms with Gasteiger partial charge in [0.2, 0.25) is 6.79 Å². The summed E-state index contributed by atoms with van der Waals surface area (Å²) in [4.78, 5) is 21.6. The van der Waals surface area contributed by atoms with Crippen molar-refractivity contribution in [2.75, 3.05) is 33.5 Å². The maximum atomic E-state index is 12.8. The van der Waals surface area contributed by atoms with Crippen LogP contribution in [0.3, 0.4) is 0 Å². The monoisotopic (exact) mass is 367 g/mol. The Balaban J connectivity index is 1.29. The molecule has 142 valence electrons. The molecule has 2 aliphatic heterocycles. The first-order valence-corrected chi connectivity index (χ1v) is 9.50. The van der Waals surface area contributed by atoms with Crippen LogP contribution in [0, 0.1) is 0 Å². The van der Waals surface area contributed by atoms with Crippen molar-refractivity contribution in [3.63, 3.8) is 0 Å². The van der Waals surface area contributed by atoms with Gasteiger partial charge in [-0.2, -0.15) is 0 Å². The predicted octanol–water partition coefficient (Wildman–Crippen LogP) is 2.59. The number of nitrogens with zero attached hydrogens (tertiary/aromatic N) is 3.